The Hall–Kier alpha value is -0.120. The minimum Gasteiger partial charge on any atom is -0.355 e. The van der Waals surface area contributed by atoms with Crippen molar-refractivity contribution in [2.75, 3.05) is 60.4 Å². The van der Waals surface area contributed by atoms with Crippen molar-refractivity contribution in [3.05, 3.63) is 0 Å². The molecule has 6 nitrogen and oxygen atoms in total. The predicted molar refractivity (Wildman–Crippen MR) is 125 cm³/mol. The maximum atomic E-state index is 4.47. The summed E-state index contributed by atoms with van der Waals surface area (Å²) in [7, 11) is 6.34. The topological polar surface area (TPSA) is 46.1 Å². The van der Waals surface area contributed by atoms with Gasteiger partial charge in [0.2, 0.25) is 0 Å². The second-order valence-electron chi connectivity index (χ2n) is 8.60. The highest BCUT2D eigenvalue weighted by atomic mass is 127. The number of piperidine rings is 1. The lowest BCUT2D eigenvalue weighted by atomic mass is 9.92. The standard InChI is InChI=1S/C20H40N6.HI/c1-21-20(22-15-19-16-24(2)13-14-25(19)3)23-17-9-11-26(12-10-17)18-7-5-4-6-8-18;/h17-19H,4-16H2,1-3H3,(H2,21,22,23);1H. The van der Waals surface area contributed by atoms with Gasteiger partial charge in [-0.2, -0.15) is 0 Å². The highest BCUT2D eigenvalue weighted by molar-refractivity contribution is 14.0. The monoisotopic (exact) mass is 492 g/mol. The van der Waals surface area contributed by atoms with E-state index < -0.39 is 0 Å². The molecule has 3 aliphatic rings. The van der Waals surface area contributed by atoms with Gasteiger partial charge in [-0.15, -0.1) is 24.0 Å². The molecule has 0 aromatic heterocycles. The maximum absolute atomic E-state index is 4.47. The average Bonchev–Trinajstić information content (AvgIpc) is 2.68. The van der Waals surface area contributed by atoms with Gasteiger partial charge in [0.1, 0.15) is 0 Å². The molecule has 0 aromatic rings. The van der Waals surface area contributed by atoms with Crippen molar-refractivity contribution in [3.8, 4) is 0 Å². The van der Waals surface area contributed by atoms with Crippen molar-refractivity contribution in [2.24, 2.45) is 4.99 Å². The van der Waals surface area contributed by atoms with Crippen molar-refractivity contribution >= 4 is 29.9 Å². The Morgan fingerprint density at radius 1 is 0.963 bits per heavy atom. The van der Waals surface area contributed by atoms with Crippen molar-refractivity contribution in [1.29, 1.82) is 0 Å². The molecule has 0 aromatic carbocycles. The summed E-state index contributed by atoms with van der Waals surface area (Å²) in [4.78, 5) is 12.1. The first-order valence-electron chi connectivity index (χ1n) is 10.8. The van der Waals surface area contributed by atoms with Gasteiger partial charge in [0.25, 0.3) is 0 Å². The van der Waals surface area contributed by atoms with E-state index in [0.717, 1.165) is 31.6 Å². The summed E-state index contributed by atoms with van der Waals surface area (Å²) in [5, 5.41) is 7.24. The first kappa shape index (κ1) is 23.2. The third-order valence-corrected chi connectivity index (χ3v) is 6.67. The van der Waals surface area contributed by atoms with E-state index in [2.05, 4.69) is 44.4 Å². The zero-order valence-corrected chi connectivity index (χ0v) is 20.0. The van der Waals surface area contributed by atoms with E-state index in [1.54, 1.807) is 0 Å². The lowest BCUT2D eigenvalue weighted by Crippen LogP contribution is -2.56. The number of hydrogen-bond acceptors (Lipinski definition) is 4. The van der Waals surface area contributed by atoms with Crippen LogP contribution in [0.3, 0.4) is 0 Å². The van der Waals surface area contributed by atoms with Gasteiger partial charge < -0.3 is 20.4 Å². The van der Waals surface area contributed by atoms with Crippen LogP contribution in [0, 0.1) is 0 Å². The molecule has 2 heterocycles. The average molecular weight is 492 g/mol. The summed E-state index contributed by atoms with van der Waals surface area (Å²) in [5.74, 6) is 0.975. The molecule has 7 heteroatoms. The number of aliphatic imine (C=N–C) groups is 1. The number of nitrogens with one attached hydrogen (secondary N) is 2. The van der Waals surface area contributed by atoms with Crippen LogP contribution in [0.4, 0.5) is 0 Å². The zero-order valence-electron chi connectivity index (χ0n) is 17.6. The van der Waals surface area contributed by atoms with Gasteiger partial charge in [-0.05, 0) is 39.8 Å². The van der Waals surface area contributed by atoms with Crippen LogP contribution in [0.5, 0.6) is 0 Å². The normalized spacial score (nSPS) is 28.0. The molecule has 0 spiro atoms. The number of rotatable bonds is 4. The Morgan fingerprint density at radius 3 is 2.33 bits per heavy atom. The van der Waals surface area contributed by atoms with Gasteiger partial charge in [0.05, 0.1) is 0 Å². The maximum Gasteiger partial charge on any atom is 0.191 e. The van der Waals surface area contributed by atoms with E-state index in [4.69, 9.17) is 0 Å². The van der Waals surface area contributed by atoms with Gasteiger partial charge in [0.15, 0.2) is 5.96 Å². The Balaban J connectivity index is 0.00000261. The van der Waals surface area contributed by atoms with Crippen LogP contribution >= 0.6 is 24.0 Å². The number of hydrogen-bond donors (Lipinski definition) is 2. The molecule has 2 aliphatic heterocycles. The Bertz CT molecular complexity index is 446. The molecular weight excluding hydrogens is 451 g/mol. The van der Waals surface area contributed by atoms with Gasteiger partial charge in [0, 0.05) is 64.4 Å². The number of guanidine groups is 1. The van der Waals surface area contributed by atoms with Crippen molar-refractivity contribution in [1.82, 2.24) is 25.3 Å². The molecule has 1 atom stereocenters. The van der Waals surface area contributed by atoms with Crippen LogP contribution in [0.25, 0.3) is 0 Å². The molecule has 2 saturated heterocycles. The molecule has 1 aliphatic carbocycles. The molecule has 3 rings (SSSR count). The molecular formula is C20H41IN6. The van der Waals surface area contributed by atoms with Gasteiger partial charge in [-0.1, -0.05) is 19.3 Å². The SMILES string of the molecule is CN=C(NCC1CN(C)CCN1C)NC1CCN(C2CCCCC2)CC1.I. The summed E-state index contributed by atoms with van der Waals surface area (Å²) in [6.45, 7) is 6.89. The highest BCUT2D eigenvalue weighted by Crippen LogP contribution is 2.25. The lowest BCUT2D eigenvalue weighted by Gasteiger charge is -2.40. The second kappa shape index (κ2) is 11.8. The Kier molecular flexibility index (Phi) is 10.1. The summed E-state index contributed by atoms with van der Waals surface area (Å²) < 4.78 is 0. The largest absolute Gasteiger partial charge is 0.355 e. The first-order valence-corrected chi connectivity index (χ1v) is 10.8. The predicted octanol–water partition coefficient (Wildman–Crippen LogP) is 1.81. The summed E-state index contributed by atoms with van der Waals surface area (Å²) in [6.07, 6.45) is 9.64. The first-order chi connectivity index (χ1) is 12.7. The van der Waals surface area contributed by atoms with E-state index in [9.17, 15) is 0 Å². The fraction of sp³-hybridized carbons (Fsp3) is 0.950. The van der Waals surface area contributed by atoms with Crippen molar-refractivity contribution in [2.45, 2.75) is 63.1 Å². The van der Waals surface area contributed by atoms with E-state index in [-0.39, 0.29) is 24.0 Å². The number of nitrogens with zero attached hydrogens (tertiary/aromatic N) is 4. The molecule has 27 heavy (non-hydrogen) atoms. The van der Waals surface area contributed by atoms with Gasteiger partial charge in [-0.25, -0.2) is 0 Å². The molecule has 0 amide bonds. The van der Waals surface area contributed by atoms with Crippen LogP contribution in [-0.4, -0.2) is 99.2 Å². The fourth-order valence-corrected chi connectivity index (χ4v) is 4.78. The number of likely N-dealkylation sites (N-methyl/N-ethyl adjacent to an activating group) is 2. The van der Waals surface area contributed by atoms with Crippen LogP contribution in [0.15, 0.2) is 4.99 Å². The van der Waals surface area contributed by atoms with Gasteiger partial charge in [-0.3, -0.25) is 9.89 Å². The third kappa shape index (κ3) is 7.01. The quantitative estimate of drug-likeness (QED) is 0.356. The molecule has 1 saturated carbocycles. The molecule has 3 fully saturated rings. The number of piperazine rings is 1. The summed E-state index contributed by atoms with van der Waals surface area (Å²) in [6, 6.07) is 1.98. The lowest BCUT2D eigenvalue weighted by molar-refractivity contribution is 0.115. The number of likely N-dealkylation sites (tertiary alicyclic amines) is 1. The van der Waals surface area contributed by atoms with E-state index in [1.807, 2.05) is 7.05 Å². The molecule has 0 bridgehead atoms. The summed E-state index contributed by atoms with van der Waals surface area (Å²) in [5.41, 5.74) is 0. The van der Waals surface area contributed by atoms with Crippen molar-refractivity contribution in [3.63, 3.8) is 0 Å². The van der Waals surface area contributed by atoms with E-state index >= 15 is 0 Å². The smallest absolute Gasteiger partial charge is 0.191 e. The molecule has 2 N–H and O–H groups in total. The van der Waals surface area contributed by atoms with Crippen LogP contribution in [0.2, 0.25) is 0 Å². The molecule has 1 unspecified atom stereocenters. The van der Waals surface area contributed by atoms with Gasteiger partial charge >= 0.3 is 0 Å². The van der Waals surface area contributed by atoms with E-state index in [1.165, 1.54) is 64.6 Å². The van der Waals surface area contributed by atoms with Crippen LogP contribution in [0.1, 0.15) is 44.9 Å². The highest BCUT2D eigenvalue weighted by Gasteiger charge is 2.27. The second-order valence-corrected chi connectivity index (χ2v) is 8.60. The Morgan fingerprint density at radius 2 is 1.67 bits per heavy atom. The van der Waals surface area contributed by atoms with Crippen LogP contribution in [-0.2, 0) is 0 Å². The zero-order chi connectivity index (χ0) is 18.4. The fourth-order valence-electron chi connectivity index (χ4n) is 4.78. The summed E-state index contributed by atoms with van der Waals surface area (Å²) >= 11 is 0. The molecule has 0 radical (unpaired) electrons. The van der Waals surface area contributed by atoms with E-state index in [0.29, 0.717) is 12.1 Å². The Labute approximate surface area is 183 Å². The third-order valence-electron chi connectivity index (χ3n) is 6.67. The minimum absolute atomic E-state index is 0. The molecule has 158 valence electrons. The van der Waals surface area contributed by atoms with Crippen LogP contribution < -0.4 is 10.6 Å². The van der Waals surface area contributed by atoms with Crippen molar-refractivity contribution < 1.29 is 0 Å². The number of halogens is 1. The minimum atomic E-state index is 0.